The van der Waals surface area contributed by atoms with Crippen LogP contribution >= 0.6 is 15.9 Å². The zero-order chi connectivity index (χ0) is 14.5. The molecular weight excluding hydrogens is 316 g/mol. The molecule has 0 saturated carbocycles. The van der Waals surface area contributed by atoms with E-state index in [4.69, 9.17) is 0 Å². The maximum absolute atomic E-state index is 11.8. The second kappa shape index (κ2) is 7.11. The number of benzene rings is 1. The lowest BCUT2D eigenvalue weighted by atomic mass is 10.1. The summed E-state index contributed by atoms with van der Waals surface area (Å²) in [6.07, 6.45) is 2.12. The smallest absolute Gasteiger partial charge is 0.234 e. The van der Waals surface area contributed by atoms with Crippen LogP contribution in [-0.4, -0.2) is 30.4 Å². The Kier molecular flexibility index (Phi) is 5.46. The normalized spacial score (nSPS) is 15.3. The largest absolute Gasteiger partial charge is 0.371 e. The third-order valence-electron chi connectivity index (χ3n) is 3.72. The molecule has 1 aliphatic heterocycles. The lowest BCUT2D eigenvalue weighted by Crippen LogP contribution is -2.35. The molecule has 1 atom stereocenters. The molecule has 1 N–H and O–H groups in total. The van der Waals surface area contributed by atoms with Gasteiger partial charge in [-0.1, -0.05) is 48.0 Å². The zero-order valence-corrected chi connectivity index (χ0v) is 13.8. The van der Waals surface area contributed by atoms with E-state index in [0.29, 0.717) is 5.92 Å². The van der Waals surface area contributed by atoms with Gasteiger partial charge in [0.2, 0.25) is 5.91 Å². The molecule has 110 valence electrons. The Bertz CT molecular complexity index is 462. The van der Waals surface area contributed by atoms with Crippen molar-refractivity contribution in [1.82, 2.24) is 5.32 Å². The SMILES string of the molecule is CC(C)C(Br)C(=O)NCCCN1CCc2ccccc21. The number of halogens is 1. The van der Waals surface area contributed by atoms with Crippen molar-refractivity contribution in [2.75, 3.05) is 24.5 Å². The fourth-order valence-corrected chi connectivity index (χ4v) is 2.68. The van der Waals surface area contributed by atoms with Gasteiger partial charge >= 0.3 is 0 Å². The number of hydrogen-bond acceptors (Lipinski definition) is 2. The summed E-state index contributed by atoms with van der Waals surface area (Å²) in [6, 6.07) is 8.59. The molecule has 0 saturated heterocycles. The van der Waals surface area contributed by atoms with E-state index in [1.807, 2.05) is 13.8 Å². The number of anilines is 1. The Morgan fingerprint density at radius 2 is 2.15 bits per heavy atom. The predicted molar refractivity (Wildman–Crippen MR) is 87.5 cm³/mol. The molecule has 0 aromatic heterocycles. The van der Waals surface area contributed by atoms with Crippen molar-refractivity contribution < 1.29 is 4.79 Å². The highest BCUT2D eigenvalue weighted by Gasteiger charge is 2.19. The van der Waals surface area contributed by atoms with Gasteiger partial charge in [-0.25, -0.2) is 0 Å². The molecule has 1 amide bonds. The molecule has 1 aromatic rings. The molecule has 0 radical (unpaired) electrons. The molecule has 1 heterocycles. The fourth-order valence-electron chi connectivity index (χ4n) is 2.52. The summed E-state index contributed by atoms with van der Waals surface area (Å²) < 4.78 is 0. The second-order valence-electron chi connectivity index (χ2n) is 5.66. The topological polar surface area (TPSA) is 32.3 Å². The number of amides is 1. The number of fused-ring (bicyclic) bond motifs is 1. The number of nitrogens with one attached hydrogen (secondary N) is 1. The van der Waals surface area contributed by atoms with Gasteiger partial charge in [0, 0.05) is 25.3 Å². The first-order valence-corrected chi connectivity index (χ1v) is 8.26. The maximum Gasteiger partial charge on any atom is 0.234 e. The quantitative estimate of drug-likeness (QED) is 0.638. The van der Waals surface area contributed by atoms with Crippen molar-refractivity contribution in [3.8, 4) is 0 Å². The van der Waals surface area contributed by atoms with Gasteiger partial charge in [-0.2, -0.15) is 0 Å². The van der Waals surface area contributed by atoms with Crippen molar-refractivity contribution in [3.05, 3.63) is 29.8 Å². The van der Waals surface area contributed by atoms with E-state index >= 15 is 0 Å². The fraction of sp³-hybridized carbons (Fsp3) is 0.562. The molecule has 4 heteroatoms. The standard InChI is InChI=1S/C16H23BrN2O/c1-12(2)15(17)16(20)18-9-5-10-19-11-8-13-6-3-4-7-14(13)19/h3-4,6-7,12,15H,5,8-11H2,1-2H3,(H,18,20). The lowest BCUT2D eigenvalue weighted by Gasteiger charge is -2.20. The van der Waals surface area contributed by atoms with Gasteiger partial charge < -0.3 is 10.2 Å². The first-order valence-electron chi connectivity index (χ1n) is 7.34. The summed E-state index contributed by atoms with van der Waals surface area (Å²) in [7, 11) is 0. The molecular formula is C16H23BrN2O. The van der Waals surface area contributed by atoms with Crippen molar-refractivity contribution >= 4 is 27.5 Å². The molecule has 1 aliphatic rings. The van der Waals surface area contributed by atoms with E-state index in [-0.39, 0.29) is 10.7 Å². The summed E-state index contributed by atoms with van der Waals surface area (Å²) in [4.78, 5) is 14.1. The molecule has 2 rings (SSSR count). The monoisotopic (exact) mass is 338 g/mol. The first-order chi connectivity index (χ1) is 9.59. The van der Waals surface area contributed by atoms with Crippen molar-refractivity contribution in [2.45, 2.75) is 31.5 Å². The van der Waals surface area contributed by atoms with Crippen LogP contribution in [0, 0.1) is 5.92 Å². The Morgan fingerprint density at radius 1 is 1.40 bits per heavy atom. The van der Waals surface area contributed by atoms with E-state index in [9.17, 15) is 4.79 Å². The Balaban J connectivity index is 1.71. The van der Waals surface area contributed by atoms with Crippen molar-refractivity contribution in [3.63, 3.8) is 0 Å². The summed E-state index contributed by atoms with van der Waals surface area (Å²) in [5.74, 6) is 0.419. The van der Waals surface area contributed by atoms with Crippen LogP contribution in [0.4, 0.5) is 5.69 Å². The molecule has 0 spiro atoms. The van der Waals surface area contributed by atoms with Crippen LogP contribution in [0.25, 0.3) is 0 Å². The summed E-state index contributed by atoms with van der Waals surface area (Å²) in [5.41, 5.74) is 2.80. The van der Waals surface area contributed by atoms with E-state index in [1.54, 1.807) is 0 Å². The minimum atomic E-state index is -0.0880. The number of para-hydroxylation sites is 1. The van der Waals surface area contributed by atoms with Gasteiger partial charge in [0.25, 0.3) is 0 Å². The van der Waals surface area contributed by atoms with E-state index in [0.717, 1.165) is 32.5 Å². The number of nitrogens with zero attached hydrogens (tertiary/aromatic N) is 1. The predicted octanol–water partition coefficient (Wildman–Crippen LogP) is 2.97. The third kappa shape index (κ3) is 3.75. The van der Waals surface area contributed by atoms with Crippen LogP contribution in [0.3, 0.4) is 0 Å². The first kappa shape index (κ1) is 15.4. The average Bonchev–Trinajstić information content (AvgIpc) is 2.85. The van der Waals surface area contributed by atoms with Crippen LogP contribution in [0.5, 0.6) is 0 Å². The number of carbonyl (C=O) groups excluding carboxylic acids is 1. The summed E-state index contributed by atoms with van der Waals surface area (Å²) in [5, 5.41) is 3.00. The Morgan fingerprint density at radius 3 is 2.90 bits per heavy atom. The minimum Gasteiger partial charge on any atom is -0.371 e. The van der Waals surface area contributed by atoms with Crippen LogP contribution in [-0.2, 0) is 11.2 Å². The van der Waals surface area contributed by atoms with Crippen LogP contribution in [0.2, 0.25) is 0 Å². The molecule has 0 bridgehead atoms. The second-order valence-corrected chi connectivity index (χ2v) is 6.64. The molecule has 0 aliphatic carbocycles. The molecule has 1 unspecified atom stereocenters. The molecule has 3 nitrogen and oxygen atoms in total. The number of carbonyl (C=O) groups is 1. The van der Waals surface area contributed by atoms with Crippen molar-refractivity contribution in [2.24, 2.45) is 5.92 Å². The highest BCUT2D eigenvalue weighted by molar-refractivity contribution is 9.10. The summed E-state index contributed by atoms with van der Waals surface area (Å²) in [6.45, 7) is 6.93. The highest BCUT2D eigenvalue weighted by atomic mass is 79.9. The van der Waals surface area contributed by atoms with E-state index in [1.165, 1.54) is 11.3 Å². The Hall–Kier alpha value is -1.03. The van der Waals surface area contributed by atoms with Crippen LogP contribution < -0.4 is 10.2 Å². The van der Waals surface area contributed by atoms with Crippen molar-refractivity contribution in [1.29, 1.82) is 0 Å². The van der Waals surface area contributed by atoms with Gasteiger partial charge in [0.1, 0.15) is 0 Å². The Labute approximate surface area is 129 Å². The zero-order valence-electron chi connectivity index (χ0n) is 12.2. The summed E-state index contributed by atoms with van der Waals surface area (Å²) >= 11 is 3.42. The van der Waals surface area contributed by atoms with Crippen LogP contribution in [0.1, 0.15) is 25.8 Å². The van der Waals surface area contributed by atoms with E-state index in [2.05, 4.69) is 50.4 Å². The van der Waals surface area contributed by atoms with E-state index < -0.39 is 0 Å². The van der Waals surface area contributed by atoms with Gasteiger partial charge in [-0.3, -0.25) is 4.79 Å². The highest BCUT2D eigenvalue weighted by Crippen LogP contribution is 2.27. The lowest BCUT2D eigenvalue weighted by molar-refractivity contribution is -0.121. The van der Waals surface area contributed by atoms with Gasteiger partial charge in [0.15, 0.2) is 0 Å². The average molecular weight is 339 g/mol. The van der Waals surface area contributed by atoms with Crippen LogP contribution in [0.15, 0.2) is 24.3 Å². The molecule has 1 aromatic carbocycles. The minimum absolute atomic E-state index is 0.0880. The number of hydrogen-bond donors (Lipinski definition) is 1. The third-order valence-corrected chi connectivity index (χ3v) is 5.20. The molecule has 20 heavy (non-hydrogen) atoms. The van der Waals surface area contributed by atoms with Gasteiger partial charge in [-0.15, -0.1) is 0 Å². The van der Waals surface area contributed by atoms with Gasteiger partial charge in [-0.05, 0) is 30.4 Å². The van der Waals surface area contributed by atoms with Gasteiger partial charge in [0.05, 0.1) is 4.83 Å². The number of alkyl halides is 1. The molecule has 0 fully saturated rings. The maximum atomic E-state index is 11.8. The number of rotatable bonds is 6.